The Bertz CT molecular complexity index is 971. The molecular weight excluding hydrogens is 336 g/mol. The van der Waals surface area contributed by atoms with Gasteiger partial charge in [-0.2, -0.15) is 0 Å². The maximum absolute atomic E-state index is 13.0. The summed E-state index contributed by atoms with van der Waals surface area (Å²) in [6.07, 6.45) is 3.81. The quantitative estimate of drug-likeness (QED) is 0.702. The molecule has 4 rings (SSSR count). The van der Waals surface area contributed by atoms with Crippen LogP contribution < -0.4 is 0 Å². The molecule has 1 aliphatic rings. The zero-order valence-electron chi connectivity index (χ0n) is 16.3. The van der Waals surface area contributed by atoms with Crippen LogP contribution in [0.1, 0.15) is 53.0 Å². The van der Waals surface area contributed by atoms with Crippen LogP contribution in [0.25, 0.3) is 11.2 Å². The summed E-state index contributed by atoms with van der Waals surface area (Å²) in [5.74, 6) is 1.46. The second-order valence-electron chi connectivity index (χ2n) is 7.58. The molecule has 1 aromatic carbocycles. The molecule has 1 unspecified atom stereocenters. The van der Waals surface area contributed by atoms with Gasteiger partial charge in [0.25, 0.3) is 5.91 Å². The first-order chi connectivity index (χ1) is 13.1. The standard InChI is InChI=1S/C22H26N4O/c1-4-9-26-20(24-19-6-5-8-23-21(19)26)17-7-10-25(14-17)22(27)18-12-15(2)11-16(3)13-18/h5-6,8,11-13,17H,4,7,9-10,14H2,1-3H3. The monoisotopic (exact) mass is 362 g/mol. The lowest BCUT2D eigenvalue weighted by Crippen LogP contribution is -2.29. The maximum Gasteiger partial charge on any atom is 0.253 e. The normalized spacial score (nSPS) is 17.0. The van der Waals surface area contributed by atoms with Gasteiger partial charge >= 0.3 is 0 Å². The second kappa shape index (κ2) is 7.14. The number of imidazole rings is 1. The largest absolute Gasteiger partial charge is 0.338 e. The number of hydrogen-bond acceptors (Lipinski definition) is 3. The van der Waals surface area contributed by atoms with E-state index < -0.39 is 0 Å². The summed E-state index contributed by atoms with van der Waals surface area (Å²) in [5.41, 5.74) is 4.94. The highest BCUT2D eigenvalue weighted by atomic mass is 16.2. The first-order valence-corrected chi connectivity index (χ1v) is 9.75. The smallest absolute Gasteiger partial charge is 0.253 e. The highest BCUT2D eigenvalue weighted by Crippen LogP contribution is 2.30. The van der Waals surface area contributed by atoms with Crippen LogP contribution in [0.2, 0.25) is 0 Å². The van der Waals surface area contributed by atoms with Crippen LogP contribution in [0.4, 0.5) is 0 Å². The average Bonchev–Trinajstić information content (AvgIpc) is 3.26. The topological polar surface area (TPSA) is 51.0 Å². The summed E-state index contributed by atoms with van der Waals surface area (Å²) in [6, 6.07) is 10.0. The van der Waals surface area contributed by atoms with Gasteiger partial charge in [-0.15, -0.1) is 0 Å². The number of hydrogen-bond donors (Lipinski definition) is 0. The van der Waals surface area contributed by atoms with Gasteiger partial charge in [0.1, 0.15) is 11.3 Å². The first-order valence-electron chi connectivity index (χ1n) is 9.75. The molecule has 1 fully saturated rings. The van der Waals surface area contributed by atoms with Gasteiger partial charge in [-0.3, -0.25) is 4.79 Å². The van der Waals surface area contributed by atoms with E-state index in [1.165, 1.54) is 0 Å². The fraction of sp³-hybridized carbons (Fsp3) is 0.409. The molecule has 0 spiro atoms. The maximum atomic E-state index is 13.0. The SMILES string of the molecule is CCCn1c(C2CCN(C(=O)c3cc(C)cc(C)c3)C2)nc2cccnc21. The molecule has 0 bridgehead atoms. The molecule has 5 nitrogen and oxygen atoms in total. The zero-order valence-corrected chi connectivity index (χ0v) is 16.3. The van der Waals surface area contributed by atoms with Crippen molar-refractivity contribution in [1.82, 2.24) is 19.4 Å². The molecule has 0 saturated carbocycles. The number of carbonyl (C=O) groups is 1. The number of aromatic nitrogens is 3. The van der Waals surface area contributed by atoms with E-state index in [1.54, 1.807) is 0 Å². The minimum atomic E-state index is 0.126. The molecule has 0 aliphatic carbocycles. The molecule has 0 radical (unpaired) electrons. The van der Waals surface area contributed by atoms with Gasteiger partial charge in [0, 0.05) is 37.3 Å². The molecule has 5 heteroatoms. The zero-order chi connectivity index (χ0) is 19.0. The van der Waals surface area contributed by atoms with Crippen LogP contribution >= 0.6 is 0 Å². The van der Waals surface area contributed by atoms with Crippen LogP contribution in [0.15, 0.2) is 36.5 Å². The van der Waals surface area contributed by atoms with E-state index in [-0.39, 0.29) is 11.8 Å². The molecule has 1 atom stereocenters. The summed E-state index contributed by atoms with van der Waals surface area (Å²) in [7, 11) is 0. The molecule has 1 aliphatic heterocycles. The number of likely N-dealkylation sites (tertiary alicyclic amines) is 1. The Morgan fingerprint density at radius 1 is 1.22 bits per heavy atom. The van der Waals surface area contributed by atoms with Gasteiger partial charge in [0.05, 0.1) is 0 Å². The van der Waals surface area contributed by atoms with Crippen LogP contribution in [0.3, 0.4) is 0 Å². The van der Waals surface area contributed by atoms with Crippen LogP contribution in [-0.4, -0.2) is 38.4 Å². The van der Waals surface area contributed by atoms with Gasteiger partial charge in [-0.25, -0.2) is 9.97 Å². The fourth-order valence-electron chi connectivity index (χ4n) is 4.17. The Balaban J connectivity index is 1.60. The van der Waals surface area contributed by atoms with Gasteiger partial charge in [-0.05, 0) is 51.0 Å². The van der Waals surface area contributed by atoms with E-state index >= 15 is 0 Å². The lowest BCUT2D eigenvalue weighted by molar-refractivity contribution is 0.0790. The third-order valence-electron chi connectivity index (χ3n) is 5.29. The fourth-order valence-corrected chi connectivity index (χ4v) is 4.17. The van der Waals surface area contributed by atoms with Gasteiger partial charge in [0.2, 0.25) is 0 Å². The lowest BCUT2D eigenvalue weighted by Gasteiger charge is -2.18. The molecule has 3 aromatic rings. The van der Waals surface area contributed by atoms with Crippen molar-refractivity contribution in [2.24, 2.45) is 0 Å². The number of amides is 1. The highest BCUT2D eigenvalue weighted by molar-refractivity contribution is 5.94. The van der Waals surface area contributed by atoms with E-state index in [9.17, 15) is 4.79 Å². The summed E-state index contributed by atoms with van der Waals surface area (Å²) < 4.78 is 2.24. The summed E-state index contributed by atoms with van der Waals surface area (Å²) in [6.45, 7) is 8.65. The number of rotatable bonds is 4. The van der Waals surface area contributed by atoms with Crippen molar-refractivity contribution in [2.75, 3.05) is 13.1 Å². The van der Waals surface area contributed by atoms with Gasteiger partial charge < -0.3 is 9.47 Å². The van der Waals surface area contributed by atoms with Crippen molar-refractivity contribution in [1.29, 1.82) is 0 Å². The van der Waals surface area contributed by atoms with E-state index in [2.05, 4.69) is 22.5 Å². The van der Waals surface area contributed by atoms with E-state index in [0.29, 0.717) is 0 Å². The predicted octanol–water partition coefficient (Wildman–Crippen LogP) is 4.09. The molecule has 1 saturated heterocycles. The predicted molar refractivity (Wildman–Crippen MR) is 107 cm³/mol. The first kappa shape index (κ1) is 17.7. The van der Waals surface area contributed by atoms with Crippen molar-refractivity contribution in [3.8, 4) is 0 Å². The lowest BCUT2D eigenvalue weighted by atomic mass is 10.1. The van der Waals surface area contributed by atoms with Crippen molar-refractivity contribution >= 4 is 17.1 Å². The Kier molecular flexibility index (Phi) is 4.68. The summed E-state index contributed by atoms with van der Waals surface area (Å²) in [5, 5.41) is 0. The Morgan fingerprint density at radius 3 is 2.74 bits per heavy atom. The van der Waals surface area contributed by atoms with Crippen LogP contribution in [-0.2, 0) is 6.54 Å². The summed E-state index contributed by atoms with van der Waals surface area (Å²) in [4.78, 5) is 24.4. The summed E-state index contributed by atoms with van der Waals surface area (Å²) >= 11 is 0. The number of benzene rings is 1. The minimum Gasteiger partial charge on any atom is -0.338 e. The van der Waals surface area contributed by atoms with Crippen molar-refractivity contribution in [3.63, 3.8) is 0 Å². The number of nitrogens with zero attached hydrogens (tertiary/aromatic N) is 4. The number of pyridine rings is 1. The number of carbonyl (C=O) groups excluding carboxylic acids is 1. The van der Waals surface area contributed by atoms with Gasteiger partial charge in [0.15, 0.2) is 5.65 Å². The second-order valence-corrected chi connectivity index (χ2v) is 7.58. The number of fused-ring (bicyclic) bond motifs is 1. The molecule has 0 N–H and O–H groups in total. The van der Waals surface area contributed by atoms with Crippen molar-refractivity contribution in [3.05, 3.63) is 59.0 Å². The minimum absolute atomic E-state index is 0.126. The average molecular weight is 362 g/mol. The van der Waals surface area contributed by atoms with Gasteiger partial charge in [-0.1, -0.05) is 24.1 Å². The molecule has 2 aromatic heterocycles. The molecule has 1 amide bonds. The third-order valence-corrected chi connectivity index (χ3v) is 5.29. The van der Waals surface area contributed by atoms with Crippen LogP contribution in [0, 0.1) is 13.8 Å². The highest BCUT2D eigenvalue weighted by Gasteiger charge is 2.31. The number of aryl methyl sites for hydroxylation is 3. The third kappa shape index (κ3) is 3.34. The molecular formula is C22H26N4O. The van der Waals surface area contributed by atoms with Crippen molar-refractivity contribution < 1.29 is 4.79 Å². The van der Waals surface area contributed by atoms with E-state index in [1.807, 2.05) is 49.2 Å². The molecule has 140 valence electrons. The Labute approximate surface area is 160 Å². The van der Waals surface area contributed by atoms with E-state index in [4.69, 9.17) is 4.98 Å². The van der Waals surface area contributed by atoms with E-state index in [0.717, 1.165) is 66.2 Å². The Hall–Kier alpha value is -2.69. The molecule has 3 heterocycles. The molecule has 27 heavy (non-hydrogen) atoms. The van der Waals surface area contributed by atoms with Crippen molar-refractivity contribution in [2.45, 2.75) is 46.1 Å². The van der Waals surface area contributed by atoms with Crippen LogP contribution in [0.5, 0.6) is 0 Å². The Morgan fingerprint density at radius 2 is 2.00 bits per heavy atom.